The number of rotatable bonds is 1. The highest BCUT2D eigenvalue weighted by molar-refractivity contribution is 6.08. The maximum Gasteiger partial charge on any atom is 0.0398 e. The lowest BCUT2D eigenvalue weighted by molar-refractivity contribution is 1.12. The van der Waals surface area contributed by atoms with Crippen LogP contribution in [0.1, 0.15) is 11.3 Å². The van der Waals surface area contributed by atoms with E-state index in [9.17, 15) is 0 Å². The Hall–Kier alpha value is -0.633. The molecule has 0 atom stereocenters. The molecule has 1 heterocycles. The van der Waals surface area contributed by atoms with E-state index in [2.05, 4.69) is 28.2 Å². The van der Waals surface area contributed by atoms with Crippen molar-refractivity contribution < 1.29 is 0 Å². The van der Waals surface area contributed by atoms with Gasteiger partial charge in [0.2, 0.25) is 0 Å². The summed E-state index contributed by atoms with van der Waals surface area (Å²) < 4.78 is 0. The van der Waals surface area contributed by atoms with E-state index in [0.29, 0.717) is 0 Å². The summed E-state index contributed by atoms with van der Waals surface area (Å²) in [5.74, 6) is 0. The Balaban J connectivity index is 3.01. The van der Waals surface area contributed by atoms with Crippen LogP contribution in [0.15, 0.2) is 18.3 Å². The summed E-state index contributed by atoms with van der Waals surface area (Å²) in [5, 5.41) is 0. The van der Waals surface area contributed by atoms with Gasteiger partial charge in [-0.2, -0.15) is 0 Å². The Labute approximate surface area is 58.6 Å². The molecule has 1 nitrogen and oxygen atoms in total. The van der Waals surface area contributed by atoms with Gasteiger partial charge in [-0.15, -0.1) is 0 Å². The van der Waals surface area contributed by atoms with Gasteiger partial charge in [0.15, 0.2) is 0 Å². The van der Waals surface area contributed by atoms with Gasteiger partial charge >= 0.3 is 0 Å². The third kappa shape index (κ3) is 1.39. The molecule has 1 aromatic rings. The number of aryl methyl sites for hydroxylation is 1. The van der Waals surface area contributed by atoms with E-state index < -0.39 is 0 Å². The van der Waals surface area contributed by atoms with Crippen LogP contribution < -0.4 is 0 Å². The number of pyridine rings is 1. The number of nitrogens with zero attached hydrogens (tertiary/aromatic N) is 1. The Kier molecular flexibility index (Phi) is 2.00. The van der Waals surface area contributed by atoms with Crippen LogP contribution in [0.3, 0.4) is 0 Å². The first kappa shape index (κ1) is 6.49. The van der Waals surface area contributed by atoms with Crippen molar-refractivity contribution in [3.05, 3.63) is 29.6 Å². The highest BCUT2D eigenvalue weighted by atomic mass is 28.1. The van der Waals surface area contributed by atoms with Crippen molar-refractivity contribution in [1.82, 2.24) is 4.98 Å². The molecule has 1 rings (SSSR count). The molecule has 45 valence electrons. The molecule has 0 saturated carbocycles. The van der Waals surface area contributed by atoms with Gasteiger partial charge in [-0.05, 0) is 24.6 Å². The van der Waals surface area contributed by atoms with Gasteiger partial charge in [0, 0.05) is 22.1 Å². The molecule has 0 N–H and O–H groups in total. The molecule has 0 saturated heterocycles. The highest BCUT2D eigenvalue weighted by Crippen LogP contribution is 2.00. The zero-order valence-corrected chi connectivity index (χ0v) is 6.39. The second kappa shape index (κ2) is 2.78. The van der Waals surface area contributed by atoms with Crippen LogP contribution >= 0.6 is 0 Å². The van der Waals surface area contributed by atoms with Gasteiger partial charge in [-0.3, -0.25) is 4.98 Å². The number of hydrogen-bond acceptors (Lipinski definition) is 1. The summed E-state index contributed by atoms with van der Waals surface area (Å²) >= 11 is 0. The molecule has 2 heteroatoms. The van der Waals surface area contributed by atoms with Crippen molar-refractivity contribution in [3.63, 3.8) is 0 Å². The van der Waals surface area contributed by atoms with Gasteiger partial charge in [-0.25, -0.2) is 0 Å². The fraction of sp³-hybridized carbons (Fsp3) is 0.286. The topological polar surface area (TPSA) is 12.9 Å². The Bertz CT molecular complexity index is 198. The van der Waals surface area contributed by atoms with Crippen LogP contribution in [0.5, 0.6) is 0 Å². The van der Waals surface area contributed by atoms with Gasteiger partial charge in [0.25, 0.3) is 0 Å². The van der Waals surface area contributed by atoms with Crippen LogP contribution in [-0.2, 0) is 6.04 Å². The highest BCUT2D eigenvalue weighted by Gasteiger charge is 1.91. The molecule has 0 bridgehead atoms. The number of hydrogen-bond donors (Lipinski definition) is 0. The zero-order chi connectivity index (χ0) is 6.69. The summed E-state index contributed by atoms with van der Waals surface area (Å²) in [6.07, 6.45) is 1.81. The molecule has 0 aliphatic rings. The normalized spacial score (nSPS) is 9.56. The molecule has 9 heavy (non-hydrogen) atoms. The lowest BCUT2D eigenvalue weighted by atomic mass is 10.2. The fourth-order valence-corrected chi connectivity index (χ4v) is 1.07. The quantitative estimate of drug-likeness (QED) is 0.523. The van der Waals surface area contributed by atoms with Crippen molar-refractivity contribution in [1.29, 1.82) is 0 Å². The van der Waals surface area contributed by atoms with E-state index in [4.69, 9.17) is 0 Å². The average Bonchev–Trinajstić information content (AvgIpc) is 1.89. The molecule has 3 radical (unpaired) electrons. The second-order valence-electron chi connectivity index (χ2n) is 1.94. The predicted molar refractivity (Wildman–Crippen MR) is 38.4 cm³/mol. The van der Waals surface area contributed by atoms with E-state index in [-0.39, 0.29) is 0 Å². The smallest absolute Gasteiger partial charge is 0.0398 e. The Morgan fingerprint density at radius 1 is 1.67 bits per heavy atom. The maximum absolute atomic E-state index is 4.15. The van der Waals surface area contributed by atoms with Crippen LogP contribution in [0, 0.1) is 6.92 Å². The molecular weight excluding hydrogens is 126 g/mol. The van der Waals surface area contributed by atoms with Crippen molar-refractivity contribution in [2.45, 2.75) is 13.0 Å². The molecule has 0 aliphatic carbocycles. The van der Waals surface area contributed by atoms with E-state index in [1.807, 2.05) is 12.3 Å². The molecular formula is C7H8NSi. The van der Waals surface area contributed by atoms with E-state index >= 15 is 0 Å². The lowest BCUT2D eigenvalue weighted by Gasteiger charge is -1.97. The third-order valence-corrected chi connectivity index (χ3v) is 1.62. The van der Waals surface area contributed by atoms with E-state index in [1.54, 1.807) is 0 Å². The van der Waals surface area contributed by atoms with E-state index in [0.717, 1.165) is 11.7 Å². The SMILES string of the molecule is Cc1cccnc1C[Si]. The molecule has 0 spiro atoms. The predicted octanol–water partition coefficient (Wildman–Crippen LogP) is 1.06. The molecule has 0 fully saturated rings. The first-order valence-electron chi connectivity index (χ1n) is 2.89. The summed E-state index contributed by atoms with van der Waals surface area (Å²) in [5.41, 5.74) is 2.36. The monoisotopic (exact) mass is 134 g/mol. The first-order chi connectivity index (χ1) is 4.34. The minimum absolute atomic E-state index is 0.840. The van der Waals surface area contributed by atoms with Gasteiger partial charge < -0.3 is 0 Å². The second-order valence-corrected chi connectivity index (χ2v) is 2.30. The Morgan fingerprint density at radius 2 is 2.44 bits per heavy atom. The van der Waals surface area contributed by atoms with E-state index in [1.165, 1.54) is 5.56 Å². The van der Waals surface area contributed by atoms with Crippen molar-refractivity contribution >= 4 is 10.2 Å². The third-order valence-electron chi connectivity index (χ3n) is 1.29. The number of aromatic nitrogens is 1. The van der Waals surface area contributed by atoms with Crippen molar-refractivity contribution in [2.75, 3.05) is 0 Å². The molecule has 0 aromatic carbocycles. The minimum Gasteiger partial charge on any atom is -0.261 e. The molecule has 0 amide bonds. The van der Waals surface area contributed by atoms with Crippen LogP contribution in [0.2, 0.25) is 0 Å². The largest absolute Gasteiger partial charge is 0.261 e. The van der Waals surface area contributed by atoms with Crippen molar-refractivity contribution in [2.24, 2.45) is 0 Å². The Morgan fingerprint density at radius 3 is 2.89 bits per heavy atom. The van der Waals surface area contributed by atoms with Gasteiger partial charge in [0.05, 0.1) is 0 Å². The first-order valence-corrected chi connectivity index (χ1v) is 3.60. The minimum atomic E-state index is 0.840. The summed E-state index contributed by atoms with van der Waals surface area (Å²) in [6.45, 7) is 2.06. The maximum atomic E-state index is 4.15. The zero-order valence-electron chi connectivity index (χ0n) is 5.39. The molecule has 0 aliphatic heterocycles. The van der Waals surface area contributed by atoms with Crippen LogP contribution in [0.4, 0.5) is 0 Å². The molecule has 1 aromatic heterocycles. The van der Waals surface area contributed by atoms with Gasteiger partial charge in [0.1, 0.15) is 0 Å². The average molecular weight is 134 g/mol. The summed E-state index contributed by atoms with van der Waals surface area (Å²) in [4.78, 5) is 4.15. The summed E-state index contributed by atoms with van der Waals surface area (Å²) in [6, 6.07) is 4.84. The fourth-order valence-electron chi connectivity index (χ4n) is 0.703. The van der Waals surface area contributed by atoms with Crippen LogP contribution in [0.25, 0.3) is 0 Å². The summed E-state index contributed by atoms with van der Waals surface area (Å²) in [7, 11) is 3.39. The van der Waals surface area contributed by atoms with Gasteiger partial charge in [-0.1, -0.05) is 6.07 Å². The lowest BCUT2D eigenvalue weighted by Crippen LogP contribution is -1.91. The van der Waals surface area contributed by atoms with Crippen LogP contribution in [-0.4, -0.2) is 15.2 Å². The van der Waals surface area contributed by atoms with Crippen molar-refractivity contribution in [3.8, 4) is 0 Å². The molecule has 0 unspecified atom stereocenters. The standard InChI is InChI=1S/C7H8NSi/c1-6-3-2-4-8-7(6)5-9/h2-4H,5H2,1H3.